The van der Waals surface area contributed by atoms with Crippen LogP contribution in [0.25, 0.3) is 0 Å². The lowest BCUT2D eigenvalue weighted by molar-refractivity contribution is -0.0475. The molecule has 1 aliphatic heterocycles. The van der Waals surface area contributed by atoms with Crippen LogP contribution in [0.2, 0.25) is 0 Å². The molecule has 11 nitrogen and oxygen atoms in total. The first-order valence-corrected chi connectivity index (χ1v) is 12.3. The fourth-order valence-electron chi connectivity index (χ4n) is 2.50. The van der Waals surface area contributed by atoms with Crippen LogP contribution in [0.15, 0.2) is 33.7 Å². The van der Waals surface area contributed by atoms with Crippen molar-refractivity contribution in [3.8, 4) is 0 Å². The molecule has 1 aliphatic rings. The summed E-state index contributed by atoms with van der Waals surface area (Å²) < 4.78 is 28.8. The number of aromatic nitrogens is 2. The standard InChI is InChI=1S/C13H20N2O9P2S/c1-3-26(21,27)24-10-8(5-7-25(18,19)20)23-12(11(10)22-2)15-6-4-9(16)14-13(15)17/h4-8,10-12H,3H2,1-2H3,(H,21,27)(H,14,16,17)(H2,18,19,20)/b7-5+/t8-,10-,11-,12-,26?/m1/s1. The first-order chi connectivity index (χ1) is 12.5. The fraction of sp³-hybridized carbons (Fsp3) is 0.538. The van der Waals surface area contributed by atoms with Crippen molar-refractivity contribution in [2.75, 3.05) is 13.3 Å². The second kappa shape index (κ2) is 8.60. The fourth-order valence-corrected chi connectivity index (χ4v) is 3.97. The van der Waals surface area contributed by atoms with E-state index in [1.807, 2.05) is 0 Å². The topological polar surface area (TPSA) is 160 Å². The van der Waals surface area contributed by atoms with Gasteiger partial charge in [0.1, 0.15) is 18.3 Å². The highest BCUT2D eigenvalue weighted by molar-refractivity contribution is 8.09. The second-order valence-electron chi connectivity index (χ2n) is 5.66. The van der Waals surface area contributed by atoms with E-state index < -0.39 is 49.9 Å². The minimum Gasteiger partial charge on any atom is -0.374 e. The molecule has 14 heteroatoms. The normalized spacial score (nSPS) is 28.5. The zero-order chi connectivity index (χ0) is 20.4. The van der Waals surface area contributed by atoms with Crippen molar-refractivity contribution in [3.05, 3.63) is 45.0 Å². The number of methoxy groups -OCH3 is 1. The summed E-state index contributed by atoms with van der Waals surface area (Å²) in [4.78, 5) is 53.7. The van der Waals surface area contributed by atoms with Gasteiger partial charge in [-0.2, -0.15) is 0 Å². The Morgan fingerprint density at radius 1 is 1.37 bits per heavy atom. The average Bonchev–Trinajstić information content (AvgIpc) is 2.89. The zero-order valence-corrected chi connectivity index (χ0v) is 17.0. The van der Waals surface area contributed by atoms with Crippen LogP contribution in [0.4, 0.5) is 0 Å². The molecular weight excluding hydrogens is 422 g/mol. The van der Waals surface area contributed by atoms with Crippen molar-refractivity contribution in [2.24, 2.45) is 0 Å². The van der Waals surface area contributed by atoms with E-state index in [1.54, 1.807) is 6.92 Å². The second-order valence-corrected chi connectivity index (χ2v) is 11.0. The Morgan fingerprint density at radius 2 is 2.04 bits per heavy atom. The van der Waals surface area contributed by atoms with Crippen LogP contribution in [0.3, 0.4) is 0 Å². The van der Waals surface area contributed by atoms with Crippen molar-refractivity contribution in [1.82, 2.24) is 9.55 Å². The van der Waals surface area contributed by atoms with E-state index in [0.29, 0.717) is 5.82 Å². The number of H-pyrrole nitrogens is 1. The van der Waals surface area contributed by atoms with E-state index in [0.717, 1.165) is 16.7 Å². The van der Waals surface area contributed by atoms with E-state index in [-0.39, 0.29) is 6.16 Å². The van der Waals surface area contributed by atoms with Gasteiger partial charge >= 0.3 is 13.3 Å². The summed E-state index contributed by atoms with van der Waals surface area (Å²) in [7, 11) is -3.18. The van der Waals surface area contributed by atoms with E-state index in [4.69, 9.17) is 35.6 Å². The lowest BCUT2D eigenvalue weighted by atomic mass is 10.1. The minimum atomic E-state index is -4.49. The lowest BCUT2D eigenvalue weighted by Gasteiger charge is -2.26. The molecule has 1 aromatic heterocycles. The van der Waals surface area contributed by atoms with Gasteiger partial charge in [-0.3, -0.25) is 18.9 Å². The van der Waals surface area contributed by atoms with Gasteiger partial charge in [-0.05, 0) is 17.9 Å². The van der Waals surface area contributed by atoms with Crippen molar-refractivity contribution < 1.29 is 33.2 Å². The quantitative estimate of drug-likeness (QED) is 0.418. The molecule has 0 saturated carbocycles. The Hall–Kier alpha value is -0.940. The molecular formula is C13H20N2O9P2S. The number of rotatable bonds is 7. The van der Waals surface area contributed by atoms with Crippen LogP contribution in [0, 0.1) is 0 Å². The minimum absolute atomic E-state index is 0.146. The van der Waals surface area contributed by atoms with E-state index in [2.05, 4.69) is 4.98 Å². The van der Waals surface area contributed by atoms with Gasteiger partial charge in [-0.25, -0.2) is 4.79 Å². The Balaban J connectivity index is 2.46. The summed E-state index contributed by atoms with van der Waals surface area (Å²) >= 11 is 5.03. The summed E-state index contributed by atoms with van der Waals surface area (Å²) in [5.74, 6) is 0.631. The zero-order valence-electron chi connectivity index (χ0n) is 14.4. The molecule has 2 heterocycles. The largest absolute Gasteiger partial charge is 0.374 e. The Morgan fingerprint density at radius 3 is 2.56 bits per heavy atom. The predicted molar refractivity (Wildman–Crippen MR) is 99.1 cm³/mol. The first kappa shape index (κ1) is 22.4. The average molecular weight is 442 g/mol. The van der Waals surface area contributed by atoms with Crippen molar-refractivity contribution in [3.63, 3.8) is 0 Å². The molecule has 0 radical (unpaired) electrons. The van der Waals surface area contributed by atoms with Gasteiger partial charge in [-0.1, -0.05) is 6.92 Å². The molecule has 0 amide bonds. The SMILES string of the molecule is CCP(O)(=S)O[C@H]1[C@@H](OC)[C@H](n2ccc(=O)[nH]c2=O)O[C@@H]1/C=C/P(=O)(O)O. The summed E-state index contributed by atoms with van der Waals surface area (Å²) in [6, 6.07) is 1.11. The molecule has 0 spiro atoms. The van der Waals surface area contributed by atoms with Gasteiger partial charge in [0.15, 0.2) is 12.7 Å². The molecule has 0 bridgehead atoms. The van der Waals surface area contributed by atoms with Crippen LogP contribution in [-0.2, 0) is 30.4 Å². The van der Waals surface area contributed by atoms with E-state index in [1.165, 1.54) is 13.3 Å². The van der Waals surface area contributed by atoms with E-state index in [9.17, 15) is 19.0 Å². The van der Waals surface area contributed by atoms with Gasteiger partial charge in [0.05, 0.1) is 0 Å². The molecule has 27 heavy (non-hydrogen) atoms. The third-order valence-corrected chi connectivity index (χ3v) is 6.74. The maximum absolute atomic E-state index is 12.1. The molecule has 4 N–H and O–H groups in total. The first-order valence-electron chi connectivity index (χ1n) is 7.72. The number of nitrogens with zero attached hydrogens (tertiary/aromatic N) is 1. The highest BCUT2D eigenvalue weighted by Gasteiger charge is 2.48. The molecule has 1 unspecified atom stereocenters. The number of ether oxygens (including phenoxy) is 2. The van der Waals surface area contributed by atoms with Crippen LogP contribution in [0.5, 0.6) is 0 Å². The highest BCUT2D eigenvalue weighted by atomic mass is 32.5. The lowest BCUT2D eigenvalue weighted by Crippen LogP contribution is -2.39. The van der Waals surface area contributed by atoms with Gasteiger partial charge in [-0.15, -0.1) is 0 Å². The van der Waals surface area contributed by atoms with Gasteiger partial charge in [0.25, 0.3) is 5.56 Å². The predicted octanol–water partition coefficient (Wildman–Crippen LogP) is -0.153. The van der Waals surface area contributed by atoms with Crippen LogP contribution < -0.4 is 11.2 Å². The van der Waals surface area contributed by atoms with Crippen molar-refractivity contribution >= 4 is 25.9 Å². The van der Waals surface area contributed by atoms with Crippen molar-refractivity contribution in [1.29, 1.82) is 0 Å². The highest BCUT2D eigenvalue weighted by Crippen LogP contribution is 2.48. The number of hydrogen-bond donors (Lipinski definition) is 4. The Labute approximate surface area is 158 Å². The Bertz CT molecular complexity index is 908. The van der Waals surface area contributed by atoms with Crippen LogP contribution >= 0.6 is 14.1 Å². The molecule has 0 aromatic carbocycles. The Kier molecular flexibility index (Phi) is 7.12. The van der Waals surface area contributed by atoms with Crippen LogP contribution in [-0.4, -0.2) is 55.8 Å². The summed E-state index contributed by atoms with van der Waals surface area (Å²) in [5.41, 5.74) is -1.38. The van der Waals surface area contributed by atoms with Gasteiger partial charge in [0, 0.05) is 31.4 Å². The summed E-state index contributed by atoms with van der Waals surface area (Å²) in [5, 5.41) is 0. The van der Waals surface area contributed by atoms with Gasteiger partial charge in [0.2, 0.25) is 0 Å². The molecule has 1 aromatic rings. The van der Waals surface area contributed by atoms with Crippen molar-refractivity contribution in [2.45, 2.75) is 31.5 Å². The van der Waals surface area contributed by atoms with Gasteiger partial charge < -0.3 is 28.7 Å². The molecule has 0 aliphatic carbocycles. The van der Waals surface area contributed by atoms with Crippen LogP contribution in [0.1, 0.15) is 13.2 Å². The number of aromatic amines is 1. The molecule has 1 fully saturated rings. The summed E-state index contributed by atoms with van der Waals surface area (Å²) in [6.07, 6.45) is -1.76. The van der Waals surface area contributed by atoms with E-state index >= 15 is 0 Å². The third kappa shape index (κ3) is 5.77. The molecule has 1 saturated heterocycles. The molecule has 152 valence electrons. The molecule has 2 rings (SSSR count). The monoisotopic (exact) mass is 442 g/mol. The third-order valence-electron chi connectivity index (χ3n) is 3.78. The molecule has 5 atom stereocenters. The maximum Gasteiger partial charge on any atom is 0.348 e. The number of hydrogen-bond acceptors (Lipinski definition) is 7. The maximum atomic E-state index is 12.1. The smallest absolute Gasteiger partial charge is 0.348 e. The number of nitrogens with one attached hydrogen (secondary N) is 1. The summed E-state index contributed by atoms with van der Waals surface area (Å²) in [6.45, 7) is -1.58.